The summed E-state index contributed by atoms with van der Waals surface area (Å²) < 4.78 is 1.77. The van der Waals surface area contributed by atoms with Crippen molar-refractivity contribution >= 4 is 28.8 Å². The van der Waals surface area contributed by atoms with Gasteiger partial charge in [-0.05, 0) is 31.0 Å². The van der Waals surface area contributed by atoms with Crippen molar-refractivity contribution in [2.45, 2.75) is 38.1 Å². The molecule has 0 radical (unpaired) electrons. The van der Waals surface area contributed by atoms with Crippen molar-refractivity contribution < 1.29 is 4.79 Å². The number of hydrogen-bond donors (Lipinski definition) is 1. The van der Waals surface area contributed by atoms with Crippen molar-refractivity contribution in [3.05, 3.63) is 76.8 Å². The summed E-state index contributed by atoms with van der Waals surface area (Å²) in [7, 11) is 0. The van der Waals surface area contributed by atoms with Crippen molar-refractivity contribution in [1.82, 2.24) is 20.1 Å². The first kappa shape index (κ1) is 20.9. The minimum absolute atomic E-state index is 0.123. The molecule has 0 atom stereocenters. The zero-order valence-corrected chi connectivity index (χ0v) is 19.1. The van der Waals surface area contributed by atoms with Gasteiger partial charge < -0.3 is 5.32 Å². The predicted octanol–water partition coefficient (Wildman–Crippen LogP) is 6.38. The van der Waals surface area contributed by atoms with Crippen LogP contribution in [0.25, 0.3) is 27.6 Å². The van der Waals surface area contributed by atoms with Gasteiger partial charge in [0.1, 0.15) is 0 Å². The molecule has 0 spiro atoms. The summed E-state index contributed by atoms with van der Waals surface area (Å²) in [5.41, 5.74) is 4.08. The molecule has 32 heavy (non-hydrogen) atoms. The molecule has 2 aromatic heterocycles. The molecule has 1 aliphatic rings. The minimum Gasteiger partial charge on any atom is -0.348 e. The molecule has 0 bridgehead atoms. The van der Waals surface area contributed by atoms with Crippen LogP contribution in [0.3, 0.4) is 0 Å². The van der Waals surface area contributed by atoms with Gasteiger partial charge in [-0.15, -0.1) is 11.3 Å². The number of hydrogen-bond acceptors (Lipinski definition) is 4. The first-order chi connectivity index (χ1) is 15.7. The lowest BCUT2D eigenvalue weighted by molar-refractivity contribution is 0.0922. The topological polar surface area (TPSA) is 59.8 Å². The normalized spacial score (nSPS) is 14.4. The molecule has 1 N–H and O–H groups in total. The Balaban J connectivity index is 1.49. The van der Waals surface area contributed by atoms with Gasteiger partial charge in [-0.1, -0.05) is 73.3 Å². The van der Waals surface area contributed by atoms with E-state index in [0.717, 1.165) is 35.4 Å². The monoisotopic (exact) mass is 462 g/mol. The number of rotatable bonds is 5. The van der Waals surface area contributed by atoms with Crippen molar-refractivity contribution in [2.24, 2.45) is 0 Å². The molecule has 7 heteroatoms. The van der Waals surface area contributed by atoms with E-state index in [1.165, 1.54) is 30.6 Å². The number of carbonyl (C=O) groups is 1. The van der Waals surface area contributed by atoms with Crippen LogP contribution in [0, 0.1) is 0 Å². The fourth-order valence-electron chi connectivity index (χ4n) is 4.07. The van der Waals surface area contributed by atoms with E-state index >= 15 is 0 Å². The molecule has 1 amide bonds. The Labute approximate surface area is 196 Å². The van der Waals surface area contributed by atoms with Crippen molar-refractivity contribution in [1.29, 1.82) is 0 Å². The lowest BCUT2D eigenvalue weighted by atomic mass is 9.95. The van der Waals surface area contributed by atoms with Crippen LogP contribution in [0.4, 0.5) is 0 Å². The molecule has 1 aliphatic carbocycles. The molecule has 162 valence electrons. The summed E-state index contributed by atoms with van der Waals surface area (Å²) in [4.78, 5) is 17.8. The summed E-state index contributed by atoms with van der Waals surface area (Å²) in [6, 6.07) is 19.7. The second kappa shape index (κ2) is 9.27. The average Bonchev–Trinajstić information content (AvgIpc) is 3.49. The van der Waals surface area contributed by atoms with Gasteiger partial charge in [0.05, 0.1) is 11.4 Å². The highest BCUT2D eigenvalue weighted by Crippen LogP contribution is 2.29. The SMILES string of the molecule is O=C(NC1CCCCC1)c1cc(-c2ccccc2)n(-c2nc(-c3ccc(Cl)cc3)cs2)n1. The van der Waals surface area contributed by atoms with E-state index in [1.54, 1.807) is 4.68 Å². The number of amides is 1. The molecule has 2 heterocycles. The third-order valence-electron chi connectivity index (χ3n) is 5.77. The van der Waals surface area contributed by atoms with Crippen LogP contribution in [-0.2, 0) is 0 Å². The zero-order chi connectivity index (χ0) is 21.9. The Morgan fingerprint density at radius 1 is 1.00 bits per heavy atom. The Hall–Kier alpha value is -2.96. The lowest BCUT2D eigenvalue weighted by Crippen LogP contribution is -2.36. The van der Waals surface area contributed by atoms with Gasteiger partial charge >= 0.3 is 0 Å². The van der Waals surface area contributed by atoms with Gasteiger partial charge in [0.15, 0.2) is 5.69 Å². The second-order valence-electron chi connectivity index (χ2n) is 8.02. The van der Waals surface area contributed by atoms with Crippen LogP contribution < -0.4 is 5.32 Å². The molecule has 0 aliphatic heterocycles. The van der Waals surface area contributed by atoms with E-state index in [2.05, 4.69) is 10.4 Å². The maximum atomic E-state index is 13.0. The smallest absolute Gasteiger partial charge is 0.272 e. The summed E-state index contributed by atoms with van der Waals surface area (Å²) in [6.07, 6.45) is 5.66. The molecular formula is C25H23ClN4OS. The van der Waals surface area contributed by atoms with Crippen molar-refractivity contribution in [3.63, 3.8) is 0 Å². The Morgan fingerprint density at radius 2 is 1.75 bits per heavy atom. The minimum atomic E-state index is -0.123. The van der Waals surface area contributed by atoms with Crippen LogP contribution in [0.15, 0.2) is 66.0 Å². The molecule has 4 aromatic rings. The van der Waals surface area contributed by atoms with E-state index in [1.807, 2.05) is 66.0 Å². The van der Waals surface area contributed by atoms with Gasteiger partial charge in [-0.2, -0.15) is 5.10 Å². The molecule has 2 aromatic carbocycles. The molecular weight excluding hydrogens is 440 g/mol. The summed E-state index contributed by atoms with van der Waals surface area (Å²) in [5.74, 6) is -0.123. The predicted molar refractivity (Wildman–Crippen MR) is 129 cm³/mol. The number of carbonyl (C=O) groups excluding carboxylic acids is 1. The fraction of sp³-hybridized carbons (Fsp3) is 0.240. The van der Waals surface area contributed by atoms with Gasteiger partial charge in [-0.3, -0.25) is 4.79 Å². The van der Waals surface area contributed by atoms with E-state index < -0.39 is 0 Å². The molecule has 1 fully saturated rings. The number of halogens is 1. The van der Waals surface area contributed by atoms with E-state index in [-0.39, 0.29) is 11.9 Å². The number of thiazole rings is 1. The van der Waals surface area contributed by atoms with Gasteiger partial charge in [0, 0.05) is 27.6 Å². The Kier molecular flexibility index (Phi) is 6.06. The average molecular weight is 463 g/mol. The number of nitrogens with one attached hydrogen (secondary N) is 1. The maximum Gasteiger partial charge on any atom is 0.272 e. The van der Waals surface area contributed by atoms with E-state index in [0.29, 0.717) is 15.8 Å². The van der Waals surface area contributed by atoms with Crippen molar-refractivity contribution in [3.8, 4) is 27.6 Å². The summed E-state index contributed by atoms with van der Waals surface area (Å²) in [5, 5.41) is 11.2. The highest BCUT2D eigenvalue weighted by atomic mass is 35.5. The van der Waals surface area contributed by atoms with Crippen LogP contribution in [0.2, 0.25) is 5.02 Å². The fourth-order valence-corrected chi connectivity index (χ4v) is 5.00. The van der Waals surface area contributed by atoms with Gasteiger partial charge in [0.25, 0.3) is 5.91 Å². The number of aromatic nitrogens is 3. The Morgan fingerprint density at radius 3 is 2.50 bits per heavy atom. The number of nitrogens with zero attached hydrogens (tertiary/aromatic N) is 3. The third-order valence-corrected chi connectivity index (χ3v) is 6.83. The van der Waals surface area contributed by atoms with Crippen molar-refractivity contribution in [2.75, 3.05) is 0 Å². The molecule has 0 unspecified atom stereocenters. The highest BCUT2D eigenvalue weighted by molar-refractivity contribution is 7.12. The molecule has 5 rings (SSSR count). The molecule has 5 nitrogen and oxygen atoms in total. The summed E-state index contributed by atoms with van der Waals surface area (Å²) in [6.45, 7) is 0. The van der Waals surface area contributed by atoms with Gasteiger partial charge in [0.2, 0.25) is 5.13 Å². The van der Waals surface area contributed by atoms with E-state index in [4.69, 9.17) is 16.6 Å². The Bertz CT molecular complexity index is 1210. The second-order valence-corrected chi connectivity index (χ2v) is 9.30. The van der Waals surface area contributed by atoms with Gasteiger partial charge in [-0.25, -0.2) is 9.67 Å². The molecule has 0 saturated heterocycles. The van der Waals surface area contributed by atoms with Crippen LogP contribution in [0.1, 0.15) is 42.6 Å². The van der Waals surface area contributed by atoms with Crippen LogP contribution >= 0.6 is 22.9 Å². The van der Waals surface area contributed by atoms with Crippen LogP contribution in [-0.4, -0.2) is 26.7 Å². The quantitative estimate of drug-likeness (QED) is 0.374. The third kappa shape index (κ3) is 4.47. The molecule has 1 saturated carbocycles. The first-order valence-electron chi connectivity index (χ1n) is 10.9. The zero-order valence-electron chi connectivity index (χ0n) is 17.5. The largest absolute Gasteiger partial charge is 0.348 e. The summed E-state index contributed by atoms with van der Waals surface area (Å²) >= 11 is 7.52. The highest BCUT2D eigenvalue weighted by Gasteiger charge is 2.22. The standard InChI is InChI=1S/C25H23ClN4OS/c26-19-13-11-17(12-14-19)22-16-32-25(28-22)30-23(18-7-3-1-4-8-18)15-21(29-30)24(31)27-20-9-5-2-6-10-20/h1,3-4,7-8,11-16,20H,2,5-6,9-10H2,(H,27,31). The van der Waals surface area contributed by atoms with Crippen LogP contribution in [0.5, 0.6) is 0 Å². The first-order valence-corrected chi connectivity index (χ1v) is 12.1. The van der Waals surface area contributed by atoms with E-state index in [9.17, 15) is 4.79 Å². The maximum absolute atomic E-state index is 13.0. The number of benzene rings is 2. The lowest BCUT2D eigenvalue weighted by Gasteiger charge is -2.22.